The third kappa shape index (κ3) is 2.59. The maximum Gasteiger partial charge on any atom is 0.244 e. The number of nitrogen functional groups attached to an aromatic ring is 1. The van der Waals surface area contributed by atoms with Crippen LogP contribution in [0.15, 0.2) is 0 Å². The van der Waals surface area contributed by atoms with E-state index in [1.54, 1.807) is 11.8 Å². The zero-order chi connectivity index (χ0) is 9.68. The molecule has 0 aliphatic heterocycles. The molecule has 74 valence electrons. The van der Waals surface area contributed by atoms with E-state index in [1.165, 1.54) is 0 Å². The van der Waals surface area contributed by atoms with Crippen LogP contribution in [-0.4, -0.2) is 35.0 Å². The van der Waals surface area contributed by atoms with Crippen molar-refractivity contribution in [3.8, 4) is 0 Å². The number of nitrogens with one attached hydrogen (secondary N) is 1. The van der Waals surface area contributed by atoms with Gasteiger partial charge in [0.05, 0.1) is 6.61 Å². The minimum absolute atomic E-state index is 0.433. The molecule has 1 heterocycles. The Morgan fingerprint density at radius 1 is 1.62 bits per heavy atom. The monoisotopic (exact) mass is 185 g/mol. The largest absolute Gasteiger partial charge is 0.383 e. The van der Waals surface area contributed by atoms with E-state index in [0.29, 0.717) is 25.0 Å². The Morgan fingerprint density at radius 2 is 2.38 bits per heavy atom. The fourth-order valence-electron chi connectivity index (χ4n) is 0.927. The lowest BCUT2D eigenvalue weighted by molar-refractivity contribution is 0.210. The summed E-state index contributed by atoms with van der Waals surface area (Å²) < 4.78 is 6.50. The molecular weight excluding hydrogens is 170 g/mol. The Balaban J connectivity index is 2.48. The molecule has 13 heavy (non-hydrogen) atoms. The van der Waals surface area contributed by atoms with Crippen LogP contribution < -0.4 is 11.1 Å². The number of ether oxygens (including phenoxy) is 1. The van der Waals surface area contributed by atoms with E-state index in [1.807, 2.05) is 6.92 Å². The Labute approximate surface area is 77.1 Å². The summed E-state index contributed by atoms with van der Waals surface area (Å²) in [7, 11) is 1.65. The first-order chi connectivity index (χ1) is 6.27. The van der Waals surface area contributed by atoms with Crippen LogP contribution in [0.1, 0.15) is 6.92 Å². The summed E-state index contributed by atoms with van der Waals surface area (Å²) >= 11 is 0. The van der Waals surface area contributed by atoms with Gasteiger partial charge in [0.25, 0.3) is 0 Å². The average molecular weight is 185 g/mol. The molecule has 6 nitrogen and oxygen atoms in total. The number of hydrogen-bond donors (Lipinski definition) is 2. The van der Waals surface area contributed by atoms with Crippen molar-refractivity contribution < 1.29 is 4.74 Å². The molecule has 0 saturated heterocycles. The maximum atomic E-state index is 5.57. The number of aromatic nitrogens is 3. The van der Waals surface area contributed by atoms with Crippen LogP contribution >= 0.6 is 0 Å². The highest BCUT2D eigenvalue weighted by atomic mass is 16.5. The van der Waals surface area contributed by atoms with E-state index in [0.717, 1.165) is 6.54 Å². The normalized spacial score (nSPS) is 10.3. The van der Waals surface area contributed by atoms with Gasteiger partial charge in [-0.2, -0.15) is 4.98 Å². The Bertz CT molecular complexity index is 259. The molecular formula is C7H15N5O. The molecule has 0 fully saturated rings. The van der Waals surface area contributed by atoms with E-state index >= 15 is 0 Å². The number of aryl methyl sites for hydroxylation is 1. The standard InChI is InChI=1S/C7H15N5O/c1-3-12-6(8)10-7(11-12)9-4-5-13-2/h3-5H2,1-2H3,(H3,8,9,10,11). The third-order valence-corrected chi connectivity index (χ3v) is 1.59. The van der Waals surface area contributed by atoms with Gasteiger partial charge in [0, 0.05) is 20.2 Å². The Kier molecular flexibility index (Phi) is 3.51. The summed E-state index contributed by atoms with van der Waals surface area (Å²) in [6.45, 7) is 4.00. The van der Waals surface area contributed by atoms with Gasteiger partial charge in [-0.15, -0.1) is 5.10 Å². The molecule has 0 amide bonds. The SMILES string of the molecule is CCn1nc(NCCOC)nc1N. The lowest BCUT2D eigenvalue weighted by Crippen LogP contribution is -2.09. The second kappa shape index (κ2) is 4.66. The molecule has 6 heteroatoms. The second-order valence-electron chi connectivity index (χ2n) is 2.53. The van der Waals surface area contributed by atoms with Gasteiger partial charge in [0.1, 0.15) is 0 Å². The lowest BCUT2D eigenvalue weighted by Gasteiger charge is -1.98. The number of methoxy groups -OCH3 is 1. The van der Waals surface area contributed by atoms with Gasteiger partial charge in [-0.05, 0) is 6.92 Å². The van der Waals surface area contributed by atoms with Gasteiger partial charge in [0.15, 0.2) is 0 Å². The van der Waals surface area contributed by atoms with Crippen molar-refractivity contribution >= 4 is 11.9 Å². The second-order valence-corrected chi connectivity index (χ2v) is 2.53. The number of nitrogens with zero attached hydrogens (tertiary/aromatic N) is 3. The summed E-state index contributed by atoms with van der Waals surface area (Å²) in [5.41, 5.74) is 5.57. The van der Waals surface area contributed by atoms with Crippen LogP contribution in [0.2, 0.25) is 0 Å². The van der Waals surface area contributed by atoms with Crippen molar-refractivity contribution in [2.75, 3.05) is 31.3 Å². The molecule has 0 aliphatic rings. The van der Waals surface area contributed by atoms with Gasteiger partial charge < -0.3 is 15.8 Å². The molecule has 0 aliphatic carbocycles. The Hall–Kier alpha value is -1.30. The third-order valence-electron chi connectivity index (χ3n) is 1.59. The number of anilines is 2. The zero-order valence-corrected chi connectivity index (χ0v) is 7.95. The van der Waals surface area contributed by atoms with Gasteiger partial charge in [-0.1, -0.05) is 0 Å². The molecule has 0 bridgehead atoms. The first-order valence-electron chi connectivity index (χ1n) is 4.21. The van der Waals surface area contributed by atoms with Gasteiger partial charge in [-0.25, -0.2) is 4.68 Å². The molecule has 0 atom stereocenters. The highest BCUT2D eigenvalue weighted by molar-refractivity contribution is 5.31. The molecule has 1 rings (SSSR count). The molecule has 1 aromatic heterocycles. The molecule has 3 N–H and O–H groups in total. The number of hydrogen-bond acceptors (Lipinski definition) is 5. The van der Waals surface area contributed by atoms with Gasteiger partial charge in [-0.3, -0.25) is 0 Å². The van der Waals surface area contributed by atoms with E-state index < -0.39 is 0 Å². The Morgan fingerprint density at radius 3 is 2.92 bits per heavy atom. The van der Waals surface area contributed by atoms with Crippen LogP contribution in [0, 0.1) is 0 Å². The van der Waals surface area contributed by atoms with Crippen molar-refractivity contribution in [3.05, 3.63) is 0 Å². The quantitative estimate of drug-likeness (QED) is 0.628. The molecule has 0 aromatic carbocycles. The predicted molar refractivity (Wildman–Crippen MR) is 50.5 cm³/mol. The fraction of sp³-hybridized carbons (Fsp3) is 0.714. The van der Waals surface area contributed by atoms with Crippen molar-refractivity contribution in [2.45, 2.75) is 13.5 Å². The summed E-state index contributed by atoms with van der Waals surface area (Å²) in [6, 6.07) is 0. The first kappa shape index (κ1) is 9.79. The van der Waals surface area contributed by atoms with Crippen molar-refractivity contribution in [3.63, 3.8) is 0 Å². The van der Waals surface area contributed by atoms with Crippen molar-refractivity contribution in [1.82, 2.24) is 14.8 Å². The summed E-state index contributed by atoms with van der Waals surface area (Å²) in [5, 5.41) is 7.11. The van der Waals surface area contributed by atoms with E-state index in [9.17, 15) is 0 Å². The topological polar surface area (TPSA) is 78.0 Å². The zero-order valence-electron chi connectivity index (χ0n) is 7.95. The maximum absolute atomic E-state index is 5.57. The average Bonchev–Trinajstić information content (AvgIpc) is 2.47. The molecule has 0 unspecified atom stereocenters. The highest BCUT2D eigenvalue weighted by Crippen LogP contribution is 2.03. The van der Waals surface area contributed by atoms with E-state index in [-0.39, 0.29) is 0 Å². The first-order valence-corrected chi connectivity index (χ1v) is 4.21. The van der Waals surface area contributed by atoms with Crippen LogP contribution in [0.3, 0.4) is 0 Å². The minimum atomic E-state index is 0.433. The van der Waals surface area contributed by atoms with Crippen LogP contribution in [0.5, 0.6) is 0 Å². The summed E-state index contributed by atoms with van der Waals surface area (Å²) in [5.74, 6) is 0.985. The lowest BCUT2D eigenvalue weighted by atomic mass is 10.7. The van der Waals surface area contributed by atoms with Crippen LogP contribution in [0.25, 0.3) is 0 Å². The highest BCUT2D eigenvalue weighted by Gasteiger charge is 2.03. The summed E-state index contributed by atoms with van der Waals surface area (Å²) in [4.78, 5) is 4.02. The smallest absolute Gasteiger partial charge is 0.244 e. The van der Waals surface area contributed by atoms with Crippen molar-refractivity contribution in [1.29, 1.82) is 0 Å². The minimum Gasteiger partial charge on any atom is -0.383 e. The van der Waals surface area contributed by atoms with Crippen LogP contribution in [-0.2, 0) is 11.3 Å². The van der Waals surface area contributed by atoms with Crippen molar-refractivity contribution in [2.24, 2.45) is 0 Å². The van der Waals surface area contributed by atoms with Crippen LogP contribution in [0.4, 0.5) is 11.9 Å². The van der Waals surface area contributed by atoms with Gasteiger partial charge in [0.2, 0.25) is 11.9 Å². The number of rotatable bonds is 5. The predicted octanol–water partition coefficient (Wildman–Crippen LogP) is -0.0615. The molecule has 0 radical (unpaired) electrons. The van der Waals surface area contributed by atoms with Gasteiger partial charge >= 0.3 is 0 Å². The van der Waals surface area contributed by atoms with E-state index in [4.69, 9.17) is 10.5 Å². The fourth-order valence-corrected chi connectivity index (χ4v) is 0.927. The molecule has 1 aromatic rings. The molecule has 0 saturated carbocycles. The summed E-state index contributed by atoms with van der Waals surface area (Å²) in [6.07, 6.45) is 0. The molecule has 0 spiro atoms. The van der Waals surface area contributed by atoms with E-state index in [2.05, 4.69) is 15.4 Å². The number of nitrogens with two attached hydrogens (primary N) is 1.